The number of hydrogen-bond donors (Lipinski definition) is 2. The number of carbonyl (C=O) groups excluding carboxylic acids is 3. The van der Waals surface area contributed by atoms with Gasteiger partial charge in [-0.05, 0) is 107 Å². The Bertz CT molecular complexity index is 1340. The standard InChI is InChI=1S/C34H46N4O3/c1-4-37(5-2)32(41)27-15-24(16-29(39)35-20-34-17-21-12-22(18-34)14-23(13-21)19-34)31(40)38-11-10-26-25-8-6-7-9-28(25)36-30(26)33(27,38)3/h6-9,21-24,27,36H,4-5,10-20H2,1-3H3,(H,35,39)/t21?,22?,23?,24?,27-,33+,34?/m1/s1. The third kappa shape index (κ3) is 4.24. The molecule has 0 spiro atoms. The highest BCUT2D eigenvalue weighted by Gasteiger charge is 2.57. The number of aromatic nitrogens is 1. The van der Waals surface area contributed by atoms with Crippen LogP contribution in [0.4, 0.5) is 0 Å². The van der Waals surface area contributed by atoms with Crippen LogP contribution in [0.25, 0.3) is 10.9 Å². The minimum atomic E-state index is -0.768. The molecule has 2 aromatic rings. The van der Waals surface area contributed by atoms with Crippen LogP contribution >= 0.6 is 0 Å². The van der Waals surface area contributed by atoms with E-state index in [1.54, 1.807) is 0 Å². The summed E-state index contributed by atoms with van der Waals surface area (Å²) in [6, 6.07) is 8.28. The smallest absolute Gasteiger partial charge is 0.228 e. The van der Waals surface area contributed by atoms with Crippen molar-refractivity contribution in [3.05, 3.63) is 35.5 Å². The van der Waals surface area contributed by atoms with Gasteiger partial charge in [-0.1, -0.05) is 18.2 Å². The van der Waals surface area contributed by atoms with E-state index in [1.807, 2.05) is 35.8 Å². The molecule has 3 heterocycles. The maximum Gasteiger partial charge on any atom is 0.228 e. The van der Waals surface area contributed by atoms with Crippen LogP contribution in [0.2, 0.25) is 0 Å². The molecule has 2 N–H and O–H groups in total. The molecule has 1 saturated heterocycles. The molecule has 220 valence electrons. The van der Waals surface area contributed by atoms with Crippen molar-refractivity contribution >= 4 is 28.6 Å². The van der Waals surface area contributed by atoms with E-state index in [9.17, 15) is 14.4 Å². The normalized spacial score (nSPS) is 35.3. The van der Waals surface area contributed by atoms with Crippen LogP contribution in [0.15, 0.2) is 24.3 Å². The van der Waals surface area contributed by atoms with Crippen LogP contribution in [0, 0.1) is 35.0 Å². The van der Waals surface area contributed by atoms with Crippen LogP contribution in [0.5, 0.6) is 0 Å². The van der Waals surface area contributed by atoms with E-state index in [2.05, 4.69) is 29.4 Å². The van der Waals surface area contributed by atoms with Gasteiger partial charge in [0.2, 0.25) is 17.7 Å². The first-order valence-electron chi connectivity index (χ1n) is 16.2. The lowest BCUT2D eigenvalue weighted by Crippen LogP contribution is -2.64. The molecule has 8 rings (SSSR count). The number of piperidine rings is 1. The van der Waals surface area contributed by atoms with Gasteiger partial charge in [-0.2, -0.15) is 0 Å². The number of para-hydroxylation sites is 1. The van der Waals surface area contributed by atoms with Gasteiger partial charge in [0.05, 0.1) is 11.5 Å². The van der Waals surface area contributed by atoms with Gasteiger partial charge in [0.1, 0.15) is 0 Å². The first kappa shape index (κ1) is 27.0. The second-order valence-electron chi connectivity index (χ2n) is 14.3. The summed E-state index contributed by atoms with van der Waals surface area (Å²) in [5.41, 5.74) is 2.76. The molecular formula is C34H46N4O3. The van der Waals surface area contributed by atoms with Gasteiger partial charge < -0.3 is 20.1 Å². The summed E-state index contributed by atoms with van der Waals surface area (Å²) in [6.45, 7) is 8.68. The first-order chi connectivity index (χ1) is 19.7. The van der Waals surface area contributed by atoms with E-state index in [1.165, 1.54) is 49.5 Å². The fourth-order valence-electron chi connectivity index (χ4n) is 10.4. The topological polar surface area (TPSA) is 85.5 Å². The number of nitrogens with one attached hydrogen (secondary N) is 2. The van der Waals surface area contributed by atoms with Crippen molar-refractivity contribution in [3.8, 4) is 0 Å². The summed E-state index contributed by atoms with van der Waals surface area (Å²) in [6.07, 6.45) is 9.23. The van der Waals surface area contributed by atoms with Crippen LogP contribution < -0.4 is 5.32 Å². The van der Waals surface area contributed by atoms with E-state index in [-0.39, 0.29) is 29.6 Å². The van der Waals surface area contributed by atoms with Crippen LogP contribution in [0.3, 0.4) is 0 Å². The number of benzene rings is 1. The van der Waals surface area contributed by atoms with Crippen molar-refractivity contribution in [2.24, 2.45) is 35.0 Å². The lowest BCUT2D eigenvalue weighted by molar-refractivity contribution is -0.164. The minimum Gasteiger partial charge on any atom is -0.356 e. The zero-order chi connectivity index (χ0) is 28.5. The van der Waals surface area contributed by atoms with Crippen LogP contribution in [0.1, 0.15) is 83.4 Å². The van der Waals surface area contributed by atoms with Gasteiger partial charge in [0.25, 0.3) is 0 Å². The van der Waals surface area contributed by atoms with Crippen molar-refractivity contribution in [1.82, 2.24) is 20.1 Å². The van der Waals surface area contributed by atoms with Crippen molar-refractivity contribution in [2.45, 2.75) is 84.1 Å². The Morgan fingerprint density at radius 2 is 1.68 bits per heavy atom. The Morgan fingerprint density at radius 3 is 2.34 bits per heavy atom. The fraction of sp³-hybridized carbons (Fsp3) is 0.676. The number of aromatic amines is 1. The van der Waals surface area contributed by atoms with Crippen molar-refractivity contribution < 1.29 is 14.4 Å². The van der Waals surface area contributed by atoms with Gasteiger partial charge in [-0.25, -0.2) is 0 Å². The molecule has 1 aromatic carbocycles. The molecule has 41 heavy (non-hydrogen) atoms. The fourth-order valence-corrected chi connectivity index (χ4v) is 10.4. The molecule has 6 aliphatic rings. The zero-order valence-electron chi connectivity index (χ0n) is 25.0. The molecule has 4 aliphatic carbocycles. The van der Waals surface area contributed by atoms with Crippen LogP contribution in [-0.4, -0.2) is 58.7 Å². The zero-order valence-corrected chi connectivity index (χ0v) is 25.0. The molecule has 0 radical (unpaired) electrons. The molecule has 7 nitrogen and oxygen atoms in total. The lowest BCUT2D eigenvalue weighted by Gasteiger charge is -2.57. The van der Waals surface area contributed by atoms with E-state index in [0.717, 1.165) is 41.9 Å². The summed E-state index contributed by atoms with van der Waals surface area (Å²) in [5.74, 6) is 1.72. The Balaban J connectivity index is 1.14. The number of carbonyl (C=O) groups is 3. The SMILES string of the molecule is CCN(CC)C(=O)[C@H]1CC(CC(=O)NCC23CC4CC(CC(C4)C2)C3)C(=O)N2CCc3c([nH]c4ccccc34)[C@]12C. The largest absolute Gasteiger partial charge is 0.356 e. The average Bonchev–Trinajstić information content (AvgIpc) is 3.33. The Hall–Kier alpha value is -2.83. The molecular weight excluding hydrogens is 512 g/mol. The summed E-state index contributed by atoms with van der Waals surface area (Å²) in [7, 11) is 0. The summed E-state index contributed by atoms with van der Waals surface area (Å²) >= 11 is 0. The lowest BCUT2D eigenvalue weighted by atomic mass is 9.49. The molecule has 1 aromatic heterocycles. The van der Waals surface area contributed by atoms with E-state index in [4.69, 9.17) is 0 Å². The summed E-state index contributed by atoms with van der Waals surface area (Å²) in [4.78, 5) is 49.2. The Morgan fingerprint density at radius 1 is 1.02 bits per heavy atom. The van der Waals surface area contributed by atoms with Gasteiger partial charge in [0, 0.05) is 55.1 Å². The molecule has 4 saturated carbocycles. The number of rotatable bonds is 7. The molecule has 2 aliphatic heterocycles. The number of H-pyrrole nitrogens is 1. The molecule has 5 fully saturated rings. The van der Waals surface area contributed by atoms with Crippen molar-refractivity contribution in [2.75, 3.05) is 26.2 Å². The molecule has 4 bridgehead atoms. The second-order valence-corrected chi connectivity index (χ2v) is 14.3. The first-order valence-corrected chi connectivity index (χ1v) is 16.2. The predicted octanol–water partition coefficient (Wildman–Crippen LogP) is 5.00. The third-order valence-corrected chi connectivity index (χ3v) is 11.9. The number of nitrogens with zero attached hydrogens (tertiary/aromatic N) is 2. The van der Waals surface area contributed by atoms with Gasteiger partial charge in [-0.15, -0.1) is 0 Å². The van der Waals surface area contributed by atoms with Gasteiger partial charge in [0.15, 0.2) is 0 Å². The second kappa shape index (κ2) is 9.88. The highest BCUT2D eigenvalue weighted by Crippen LogP contribution is 2.59. The molecule has 1 unspecified atom stereocenters. The highest BCUT2D eigenvalue weighted by atomic mass is 16.2. The minimum absolute atomic E-state index is 0.0188. The van der Waals surface area contributed by atoms with Crippen LogP contribution in [-0.2, 0) is 26.3 Å². The van der Waals surface area contributed by atoms with E-state index < -0.39 is 17.4 Å². The van der Waals surface area contributed by atoms with Crippen molar-refractivity contribution in [1.29, 1.82) is 0 Å². The summed E-state index contributed by atoms with van der Waals surface area (Å²) < 4.78 is 0. The average molecular weight is 559 g/mol. The quantitative estimate of drug-likeness (QED) is 0.502. The molecule has 3 amide bonds. The molecule has 7 heteroatoms. The highest BCUT2D eigenvalue weighted by molar-refractivity contribution is 5.93. The Labute approximate surface area is 243 Å². The maximum atomic E-state index is 14.1. The summed E-state index contributed by atoms with van der Waals surface area (Å²) in [5, 5.41) is 4.48. The predicted molar refractivity (Wildman–Crippen MR) is 159 cm³/mol. The Kier molecular flexibility index (Phi) is 6.51. The van der Waals surface area contributed by atoms with E-state index >= 15 is 0 Å². The number of hydrogen-bond acceptors (Lipinski definition) is 3. The van der Waals surface area contributed by atoms with Crippen molar-refractivity contribution in [3.63, 3.8) is 0 Å². The number of fused-ring (bicyclic) bond motifs is 5. The van der Waals surface area contributed by atoms with Gasteiger partial charge >= 0.3 is 0 Å². The monoisotopic (exact) mass is 558 g/mol. The third-order valence-electron chi connectivity index (χ3n) is 11.9. The van der Waals surface area contributed by atoms with Gasteiger partial charge in [-0.3, -0.25) is 14.4 Å². The van der Waals surface area contributed by atoms with E-state index in [0.29, 0.717) is 26.1 Å². The maximum absolute atomic E-state index is 14.1. The molecule has 3 atom stereocenters. The number of amides is 3.